The Labute approximate surface area is 201 Å². The van der Waals surface area contributed by atoms with Crippen LogP contribution >= 0.6 is 0 Å². The van der Waals surface area contributed by atoms with Gasteiger partial charge < -0.3 is 20.1 Å². The average Bonchev–Trinajstić information content (AvgIpc) is 2.86. The molecule has 0 aliphatic carbocycles. The molecule has 0 bridgehead atoms. The SMILES string of the molecule is Oc1ccc2c(c1)CCN(c1ccc(F)cc1)C2Cc1cccc(OCCC2CCCCN2)c1. The molecule has 5 rings (SSSR count). The van der Waals surface area contributed by atoms with Crippen molar-refractivity contribution in [2.45, 2.75) is 50.6 Å². The third-order valence-corrected chi connectivity index (χ3v) is 7.12. The van der Waals surface area contributed by atoms with Crippen LogP contribution in [-0.2, 0) is 12.8 Å². The summed E-state index contributed by atoms with van der Waals surface area (Å²) in [7, 11) is 0. The molecule has 0 radical (unpaired) electrons. The van der Waals surface area contributed by atoms with Gasteiger partial charge in [-0.1, -0.05) is 24.6 Å². The molecule has 3 aromatic rings. The molecular formula is C29H33FN2O2. The highest BCUT2D eigenvalue weighted by Crippen LogP contribution is 2.37. The van der Waals surface area contributed by atoms with Gasteiger partial charge in [0.25, 0.3) is 0 Å². The number of aromatic hydroxyl groups is 1. The number of nitrogens with zero attached hydrogens (tertiary/aromatic N) is 1. The summed E-state index contributed by atoms with van der Waals surface area (Å²) in [5.41, 5.74) is 4.60. The van der Waals surface area contributed by atoms with Crippen molar-refractivity contribution in [2.75, 3.05) is 24.6 Å². The molecule has 0 spiro atoms. The number of piperidine rings is 1. The maximum absolute atomic E-state index is 13.6. The van der Waals surface area contributed by atoms with Crippen molar-refractivity contribution in [3.63, 3.8) is 0 Å². The average molecular weight is 461 g/mol. The van der Waals surface area contributed by atoms with Gasteiger partial charge in [0.2, 0.25) is 0 Å². The van der Waals surface area contributed by atoms with Crippen LogP contribution in [0.1, 0.15) is 48.4 Å². The summed E-state index contributed by atoms with van der Waals surface area (Å²) in [5, 5.41) is 13.6. The van der Waals surface area contributed by atoms with E-state index in [1.807, 2.05) is 30.3 Å². The van der Waals surface area contributed by atoms with Crippen molar-refractivity contribution in [2.24, 2.45) is 0 Å². The Hall–Kier alpha value is -3.05. The Balaban J connectivity index is 1.34. The highest BCUT2D eigenvalue weighted by atomic mass is 19.1. The summed E-state index contributed by atoms with van der Waals surface area (Å²) in [6, 6.07) is 21.5. The summed E-state index contributed by atoms with van der Waals surface area (Å²) < 4.78 is 19.7. The molecule has 0 amide bonds. The van der Waals surface area contributed by atoms with Gasteiger partial charge in [-0.15, -0.1) is 0 Å². The second kappa shape index (κ2) is 10.5. The highest BCUT2D eigenvalue weighted by Gasteiger charge is 2.28. The molecule has 34 heavy (non-hydrogen) atoms. The third kappa shape index (κ3) is 5.36. The lowest BCUT2D eigenvalue weighted by Gasteiger charge is -2.39. The van der Waals surface area contributed by atoms with Gasteiger partial charge in [-0.25, -0.2) is 4.39 Å². The first-order chi connectivity index (χ1) is 16.7. The molecule has 2 N–H and O–H groups in total. The smallest absolute Gasteiger partial charge is 0.123 e. The molecule has 2 aliphatic rings. The monoisotopic (exact) mass is 460 g/mol. The molecule has 1 fully saturated rings. The standard InChI is InChI=1S/C29H33FN2O2/c30-23-7-9-25(10-8-23)32-16-13-22-20-26(33)11-12-28(22)29(32)19-21-4-3-6-27(18-21)34-17-14-24-5-1-2-15-31-24/h3-4,6-12,18,20,24,29,31,33H,1-2,5,13-17,19H2. The van der Waals surface area contributed by atoms with Gasteiger partial charge in [0.05, 0.1) is 12.6 Å². The molecule has 1 saturated heterocycles. The van der Waals surface area contributed by atoms with Crippen LogP contribution in [0.4, 0.5) is 10.1 Å². The van der Waals surface area contributed by atoms with E-state index in [0.29, 0.717) is 18.4 Å². The molecule has 0 aromatic heterocycles. The summed E-state index contributed by atoms with van der Waals surface area (Å²) in [6.45, 7) is 2.65. The van der Waals surface area contributed by atoms with E-state index in [1.165, 1.54) is 48.1 Å². The summed E-state index contributed by atoms with van der Waals surface area (Å²) in [4.78, 5) is 2.35. The van der Waals surface area contributed by atoms with Crippen LogP contribution in [0.15, 0.2) is 66.7 Å². The van der Waals surface area contributed by atoms with Gasteiger partial charge in [0, 0.05) is 18.3 Å². The molecule has 2 aliphatic heterocycles. The van der Waals surface area contributed by atoms with Crippen LogP contribution in [-0.4, -0.2) is 30.8 Å². The van der Waals surface area contributed by atoms with Crippen LogP contribution in [0.2, 0.25) is 0 Å². The number of fused-ring (bicyclic) bond motifs is 1. The molecule has 2 unspecified atom stereocenters. The minimum atomic E-state index is -0.226. The number of anilines is 1. The van der Waals surface area contributed by atoms with Crippen LogP contribution in [0.3, 0.4) is 0 Å². The maximum Gasteiger partial charge on any atom is 0.123 e. The van der Waals surface area contributed by atoms with E-state index < -0.39 is 0 Å². The topological polar surface area (TPSA) is 44.7 Å². The van der Waals surface area contributed by atoms with E-state index in [0.717, 1.165) is 43.8 Å². The van der Waals surface area contributed by atoms with Crippen molar-refractivity contribution in [3.8, 4) is 11.5 Å². The van der Waals surface area contributed by atoms with E-state index in [4.69, 9.17) is 4.74 Å². The fraction of sp³-hybridized carbons (Fsp3) is 0.379. The molecule has 5 heteroatoms. The van der Waals surface area contributed by atoms with E-state index in [2.05, 4.69) is 28.4 Å². The molecule has 178 valence electrons. The Morgan fingerprint density at radius 3 is 2.74 bits per heavy atom. The Kier molecular flexibility index (Phi) is 7.00. The predicted octanol–water partition coefficient (Wildman–Crippen LogP) is 5.79. The fourth-order valence-corrected chi connectivity index (χ4v) is 5.34. The largest absolute Gasteiger partial charge is 0.508 e. The number of hydrogen-bond acceptors (Lipinski definition) is 4. The van der Waals surface area contributed by atoms with E-state index in [9.17, 15) is 9.50 Å². The number of phenolic OH excluding ortho intramolecular Hbond substituents is 1. The number of hydrogen-bond donors (Lipinski definition) is 2. The van der Waals surface area contributed by atoms with Crippen molar-refractivity contribution < 1.29 is 14.2 Å². The summed E-state index contributed by atoms with van der Waals surface area (Å²) in [5.74, 6) is 0.981. The van der Waals surface area contributed by atoms with Gasteiger partial charge in [-0.05, 0) is 104 Å². The van der Waals surface area contributed by atoms with Crippen molar-refractivity contribution >= 4 is 5.69 Å². The first kappa shape index (κ1) is 22.7. The molecular weight excluding hydrogens is 427 g/mol. The first-order valence-electron chi connectivity index (χ1n) is 12.4. The Morgan fingerprint density at radius 2 is 1.91 bits per heavy atom. The zero-order valence-electron chi connectivity index (χ0n) is 19.6. The van der Waals surface area contributed by atoms with Gasteiger partial charge in [-0.2, -0.15) is 0 Å². The van der Waals surface area contributed by atoms with E-state index in [-0.39, 0.29) is 11.9 Å². The third-order valence-electron chi connectivity index (χ3n) is 7.12. The zero-order chi connectivity index (χ0) is 23.3. The number of nitrogens with one attached hydrogen (secondary N) is 1. The van der Waals surface area contributed by atoms with Gasteiger partial charge in [0.1, 0.15) is 17.3 Å². The number of benzene rings is 3. The van der Waals surface area contributed by atoms with Crippen molar-refractivity contribution in [3.05, 3.63) is 89.2 Å². The number of phenols is 1. The predicted molar refractivity (Wildman–Crippen MR) is 134 cm³/mol. The Morgan fingerprint density at radius 1 is 1.03 bits per heavy atom. The molecule has 2 heterocycles. The molecule has 4 nitrogen and oxygen atoms in total. The van der Waals surface area contributed by atoms with Crippen LogP contribution in [0, 0.1) is 5.82 Å². The molecule has 2 atom stereocenters. The minimum absolute atomic E-state index is 0.0940. The van der Waals surface area contributed by atoms with Crippen molar-refractivity contribution in [1.29, 1.82) is 0 Å². The lowest BCUT2D eigenvalue weighted by atomic mass is 9.88. The highest BCUT2D eigenvalue weighted by molar-refractivity contribution is 5.54. The van der Waals surface area contributed by atoms with E-state index in [1.54, 1.807) is 6.07 Å². The van der Waals surface area contributed by atoms with Crippen LogP contribution in [0.25, 0.3) is 0 Å². The minimum Gasteiger partial charge on any atom is -0.508 e. The summed E-state index contributed by atoms with van der Waals surface area (Å²) in [6.07, 6.45) is 6.49. The number of rotatable bonds is 7. The normalized spacial score (nSPS) is 20.1. The molecule has 0 saturated carbocycles. The van der Waals surface area contributed by atoms with Crippen LogP contribution in [0.5, 0.6) is 11.5 Å². The Bertz CT molecular complexity index is 1100. The summed E-state index contributed by atoms with van der Waals surface area (Å²) >= 11 is 0. The maximum atomic E-state index is 13.6. The zero-order valence-corrected chi connectivity index (χ0v) is 19.6. The number of ether oxygens (including phenoxy) is 1. The van der Waals surface area contributed by atoms with Gasteiger partial charge in [0.15, 0.2) is 0 Å². The second-order valence-electron chi connectivity index (χ2n) is 9.45. The molecule has 3 aromatic carbocycles. The quantitative estimate of drug-likeness (QED) is 0.469. The van der Waals surface area contributed by atoms with E-state index >= 15 is 0 Å². The van der Waals surface area contributed by atoms with Crippen LogP contribution < -0.4 is 15.0 Å². The van der Waals surface area contributed by atoms with Gasteiger partial charge >= 0.3 is 0 Å². The lowest BCUT2D eigenvalue weighted by Crippen LogP contribution is -2.36. The van der Waals surface area contributed by atoms with Gasteiger partial charge in [-0.3, -0.25) is 0 Å². The lowest BCUT2D eigenvalue weighted by molar-refractivity contribution is 0.268. The second-order valence-corrected chi connectivity index (χ2v) is 9.45. The first-order valence-corrected chi connectivity index (χ1v) is 12.4. The fourth-order valence-electron chi connectivity index (χ4n) is 5.34. The number of halogens is 1. The van der Waals surface area contributed by atoms with Crippen molar-refractivity contribution in [1.82, 2.24) is 5.32 Å².